The van der Waals surface area contributed by atoms with Crippen LogP contribution in [-0.4, -0.2) is 23.0 Å². The molecule has 1 saturated carbocycles. The lowest BCUT2D eigenvalue weighted by Crippen LogP contribution is -2.42. The van der Waals surface area contributed by atoms with Crippen molar-refractivity contribution in [1.82, 2.24) is 5.32 Å². The Labute approximate surface area is 111 Å². The van der Waals surface area contributed by atoms with E-state index in [0.717, 1.165) is 18.9 Å². The van der Waals surface area contributed by atoms with Crippen LogP contribution in [0.15, 0.2) is 22.7 Å². The average molecular weight is 316 g/mol. The molecule has 2 N–H and O–H groups in total. The maximum atomic E-state index is 13.3. The number of carboxylic acids is 1. The molecule has 0 saturated heterocycles. The van der Waals surface area contributed by atoms with E-state index in [9.17, 15) is 14.0 Å². The molecule has 1 aromatic carbocycles. The average Bonchev–Trinajstić information content (AvgIpc) is 3.13. The first-order valence-electron chi connectivity index (χ1n) is 5.48. The number of hydrogen-bond acceptors (Lipinski definition) is 2. The SMILES string of the molecule is O=C(NC(C(=O)O)C1CC1)c1ccc(Br)c(F)c1. The fourth-order valence-electron chi connectivity index (χ4n) is 1.67. The third-order valence-electron chi connectivity index (χ3n) is 2.83. The van der Waals surface area contributed by atoms with Crippen molar-refractivity contribution in [2.24, 2.45) is 5.92 Å². The smallest absolute Gasteiger partial charge is 0.326 e. The Hall–Kier alpha value is -1.43. The Morgan fingerprint density at radius 3 is 2.61 bits per heavy atom. The Bertz CT molecular complexity index is 502. The molecular weight excluding hydrogens is 305 g/mol. The molecule has 1 unspecified atom stereocenters. The second-order valence-corrected chi connectivity index (χ2v) is 5.11. The summed E-state index contributed by atoms with van der Waals surface area (Å²) < 4.78 is 13.5. The summed E-state index contributed by atoms with van der Waals surface area (Å²) in [6.45, 7) is 0. The van der Waals surface area contributed by atoms with Crippen molar-refractivity contribution in [2.75, 3.05) is 0 Å². The van der Waals surface area contributed by atoms with Crippen LogP contribution in [0.3, 0.4) is 0 Å². The van der Waals surface area contributed by atoms with Crippen LogP contribution in [0, 0.1) is 11.7 Å². The minimum atomic E-state index is -1.05. The van der Waals surface area contributed by atoms with E-state index in [2.05, 4.69) is 21.2 Å². The number of benzene rings is 1. The number of nitrogens with one attached hydrogen (secondary N) is 1. The van der Waals surface area contributed by atoms with Crippen molar-refractivity contribution in [3.05, 3.63) is 34.1 Å². The summed E-state index contributed by atoms with van der Waals surface area (Å²) in [5.74, 6) is -2.18. The van der Waals surface area contributed by atoms with Gasteiger partial charge >= 0.3 is 5.97 Å². The van der Waals surface area contributed by atoms with Gasteiger partial charge in [0.1, 0.15) is 11.9 Å². The van der Waals surface area contributed by atoms with Gasteiger partial charge in [0.2, 0.25) is 0 Å². The largest absolute Gasteiger partial charge is 0.480 e. The van der Waals surface area contributed by atoms with E-state index >= 15 is 0 Å². The normalized spacial score (nSPS) is 16.1. The lowest BCUT2D eigenvalue weighted by Gasteiger charge is -2.13. The summed E-state index contributed by atoms with van der Waals surface area (Å²) in [6.07, 6.45) is 1.60. The highest BCUT2D eigenvalue weighted by Gasteiger charge is 2.37. The number of amides is 1. The molecule has 0 radical (unpaired) electrons. The lowest BCUT2D eigenvalue weighted by molar-refractivity contribution is -0.139. The molecular formula is C12H11BrFNO3. The molecule has 1 atom stereocenters. The van der Waals surface area contributed by atoms with Gasteiger partial charge in [-0.05, 0) is 52.9 Å². The first kappa shape index (κ1) is 13.0. The Morgan fingerprint density at radius 2 is 2.11 bits per heavy atom. The van der Waals surface area contributed by atoms with Gasteiger partial charge in [-0.2, -0.15) is 0 Å². The fourth-order valence-corrected chi connectivity index (χ4v) is 1.92. The van der Waals surface area contributed by atoms with E-state index in [0.29, 0.717) is 0 Å². The van der Waals surface area contributed by atoms with Crippen LogP contribution in [-0.2, 0) is 4.79 Å². The Kier molecular flexibility index (Phi) is 3.65. The summed E-state index contributed by atoms with van der Waals surface area (Å²) in [7, 11) is 0. The zero-order chi connectivity index (χ0) is 13.3. The standard InChI is InChI=1S/C12H11BrFNO3/c13-8-4-3-7(5-9(8)14)11(16)15-10(12(17)18)6-1-2-6/h3-6,10H,1-2H2,(H,15,16)(H,17,18). The zero-order valence-corrected chi connectivity index (χ0v) is 10.9. The number of halogens is 2. The first-order valence-corrected chi connectivity index (χ1v) is 6.27. The lowest BCUT2D eigenvalue weighted by atomic mass is 10.1. The topological polar surface area (TPSA) is 66.4 Å². The van der Waals surface area contributed by atoms with Crippen LogP contribution in [0.4, 0.5) is 4.39 Å². The van der Waals surface area contributed by atoms with Crippen molar-refractivity contribution in [2.45, 2.75) is 18.9 Å². The molecule has 0 bridgehead atoms. The fraction of sp³-hybridized carbons (Fsp3) is 0.333. The summed E-state index contributed by atoms with van der Waals surface area (Å²) in [5.41, 5.74) is 0.114. The minimum Gasteiger partial charge on any atom is -0.480 e. The third kappa shape index (κ3) is 2.87. The highest BCUT2D eigenvalue weighted by atomic mass is 79.9. The third-order valence-corrected chi connectivity index (χ3v) is 3.47. The van der Waals surface area contributed by atoms with E-state index in [4.69, 9.17) is 5.11 Å². The van der Waals surface area contributed by atoms with Gasteiger partial charge in [-0.3, -0.25) is 4.79 Å². The number of carbonyl (C=O) groups is 2. The Balaban J connectivity index is 2.10. The number of carboxylic acid groups (broad SMARTS) is 1. The van der Waals surface area contributed by atoms with Crippen LogP contribution in [0.25, 0.3) is 0 Å². The monoisotopic (exact) mass is 315 g/mol. The molecule has 0 aromatic heterocycles. The van der Waals surface area contributed by atoms with E-state index in [1.807, 2.05) is 0 Å². The van der Waals surface area contributed by atoms with E-state index in [-0.39, 0.29) is 16.0 Å². The molecule has 2 rings (SSSR count). The number of hydrogen-bond donors (Lipinski definition) is 2. The second-order valence-electron chi connectivity index (χ2n) is 4.26. The van der Waals surface area contributed by atoms with Gasteiger partial charge < -0.3 is 10.4 Å². The summed E-state index contributed by atoms with van der Waals surface area (Å²) in [6, 6.07) is 3.04. The molecule has 0 spiro atoms. The minimum absolute atomic E-state index is 0.00764. The van der Waals surface area contributed by atoms with Gasteiger partial charge in [-0.1, -0.05) is 0 Å². The van der Waals surface area contributed by atoms with Gasteiger partial charge in [-0.25, -0.2) is 9.18 Å². The summed E-state index contributed by atoms with van der Waals surface area (Å²) in [4.78, 5) is 22.8. The van der Waals surface area contributed by atoms with Gasteiger partial charge in [0.05, 0.1) is 4.47 Å². The molecule has 96 valence electrons. The van der Waals surface area contributed by atoms with Crippen LogP contribution >= 0.6 is 15.9 Å². The van der Waals surface area contributed by atoms with Crippen molar-refractivity contribution < 1.29 is 19.1 Å². The van der Waals surface area contributed by atoms with Crippen molar-refractivity contribution in [1.29, 1.82) is 0 Å². The predicted octanol–water partition coefficient (Wildman–Crippen LogP) is 2.18. The van der Waals surface area contributed by atoms with Gasteiger partial charge in [0, 0.05) is 5.56 Å². The number of aliphatic carboxylic acids is 1. The van der Waals surface area contributed by atoms with Gasteiger partial charge in [0.15, 0.2) is 0 Å². The highest BCUT2D eigenvalue weighted by molar-refractivity contribution is 9.10. The number of rotatable bonds is 4. The molecule has 1 aliphatic rings. The second kappa shape index (κ2) is 5.06. The van der Waals surface area contributed by atoms with Crippen LogP contribution in [0.5, 0.6) is 0 Å². The molecule has 1 aliphatic carbocycles. The van der Waals surface area contributed by atoms with E-state index in [1.165, 1.54) is 12.1 Å². The predicted molar refractivity (Wildman–Crippen MR) is 65.7 cm³/mol. The molecule has 1 aromatic rings. The molecule has 1 amide bonds. The molecule has 0 aliphatic heterocycles. The highest BCUT2D eigenvalue weighted by Crippen LogP contribution is 2.32. The summed E-state index contributed by atoms with van der Waals surface area (Å²) in [5, 5.41) is 11.4. The van der Waals surface area contributed by atoms with Gasteiger partial charge in [-0.15, -0.1) is 0 Å². The first-order chi connectivity index (χ1) is 8.49. The van der Waals surface area contributed by atoms with Crippen LogP contribution < -0.4 is 5.32 Å². The zero-order valence-electron chi connectivity index (χ0n) is 9.32. The Morgan fingerprint density at radius 1 is 1.44 bits per heavy atom. The quantitative estimate of drug-likeness (QED) is 0.895. The molecule has 1 fully saturated rings. The van der Waals surface area contributed by atoms with Crippen molar-refractivity contribution in [3.63, 3.8) is 0 Å². The van der Waals surface area contributed by atoms with Crippen molar-refractivity contribution >= 4 is 27.8 Å². The molecule has 0 heterocycles. The van der Waals surface area contributed by atoms with Gasteiger partial charge in [0.25, 0.3) is 5.91 Å². The number of carbonyl (C=O) groups excluding carboxylic acids is 1. The van der Waals surface area contributed by atoms with Crippen molar-refractivity contribution in [3.8, 4) is 0 Å². The van der Waals surface area contributed by atoms with E-state index in [1.54, 1.807) is 0 Å². The van der Waals surface area contributed by atoms with E-state index < -0.39 is 23.7 Å². The van der Waals surface area contributed by atoms with Crippen LogP contribution in [0.2, 0.25) is 0 Å². The maximum Gasteiger partial charge on any atom is 0.326 e. The molecule has 6 heteroatoms. The molecule has 18 heavy (non-hydrogen) atoms. The van der Waals surface area contributed by atoms with Crippen LogP contribution in [0.1, 0.15) is 23.2 Å². The summed E-state index contributed by atoms with van der Waals surface area (Å²) >= 11 is 2.98. The molecule has 4 nitrogen and oxygen atoms in total. The maximum absolute atomic E-state index is 13.3.